The van der Waals surface area contributed by atoms with Gasteiger partial charge in [0.15, 0.2) is 0 Å². The highest BCUT2D eigenvalue weighted by Crippen LogP contribution is 2.25. The Morgan fingerprint density at radius 3 is 1.89 bits per heavy atom. The van der Waals surface area contributed by atoms with Crippen LogP contribution < -0.4 is 9.64 Å². The van der Waals surface area contributed by atoms with Crippen molar-refractivity contribution in [3.05, 3.63) is 90.5 Å². The third kappa shape index (κ3) is 5.11. The van der Waals surface area contributed by atoms with Crippen LogP contribution in [0.15, 0.2) is 84.9 Å². The van der Waals surface area contributed by atoms with Crippen molar-refractivity contribution in [2.24, 2.45) is 0 Å². The second-order valence-corrected chi connectivity index (χ2v) is 6.04. The normalized spacial score (nSPS) is 10.3. The Bertz CT molecular complexity index is 793. The summed E-state index contributed by atoms with van der Waals surface area (Å²) in [5, 5.41) is 0. The summed E-state index contributed by atoms with van der Waals surface area (Å²) in [6.07, 6.45) is 0.864. The lowest BCUT2D eigenvalue weighted by atomic mass is 10.2. The first-order valence-electron chi connectivity index (χ1n) is 8.97. The summed E-state index contributed by atoms with van der Waals surface area (Å²) in [5.74, 6) is 0.400. The molecule has 0 saturated carbocycles. The minimum Gasteiger partial charge on any atom is -0.494 e. The number of carbonyl (C=O) groups excluding carboxylic acids is 1. The molecule has 0 heterocycles. The van der Waals surface area contributed by atoms with Crippen molar-refractivity contribution < 1.29 is 14.3 Å². The molecule has 4 nitrogen and oxygen atoms in total. The molecule has 138 valence electrons. The van der Waals surface area contributed by atoms with Crippen LogP contribution in [0.3, 0.4) is 0 Å². The van der Waals surface area contributed by atoms with E-state index in [4.69, 9.17) is 9.47 Å². The third-order valence-corrected chi connectivity index (χ3v) is 4.21. The second-order valence-electron chi connectivity index (χ2n) is 6.04. The van der Waals surface area contributed by atoms with Crippen molar-refractivity contribution in [1.82, 2.24) is 0 Å². The smallest absolute Gasteiger partial charge is 0.337 e. The van der Waals surface area contributed by atoms with E-state index in [9.17, 15) is 4.79 Å². The fourth-order valence-corrected chi connectivity index (χ4v) is 2.84. The van der Waals surface area contributed by atoms with Gasteiger partial charge in [0.25, 0.3) is 0 Å². The van der Waals surface area contributed by atoms with Gasteiger partial charge >= 0.3 is 5.97 Å². The van der Waals surface area contributed by atoms with Gasteiger partial charge in [0.05, 0.1) is 19.3 Å². The van der Waals surface area contributed by atoms with Crippen LogP contribution >= 0.6 is 0 Å². The lowest BCUT2D eigenvalue weighted by molar-refractivity contribution is 0.0600. The summed E-state index contributed by atoms with van der Waals surface area (Å²) < 4.78 is 10.5. The largest absolute Gasteiger partial charge is 0.494 e. The van der Waals surface area contributed by atoms with E-state index >= 15 is 0 Å². The predicted molar refractivity (Wildman–Crippen MR) is 108 cm³/mol. The van der Waals surface area contributed by atoms with E-state index in [0.29, 0.717) is 12.2 Å². The van der Waals surface area contributed by atoms with Crippen molar-refractivity contribution >= 4 is 17.3 Å². The number of hydrogen-bond acceptors (Lipinski definition) is 4. The first-order valence-corrected chi connectivity index (χ1v) is 8.97. The van der Waals surface area contributed by atoms with Gasteiger partial charge in [0, 0.05) is 17.9 Å². The number of nitrogens with zero attached hydrogens (tertiary/aromatic N) is 1. The molecule has 0 aromatic heterocycles. The molecule has 0 atom stereocenters. The highest BCUT2D eigenvalue weighted by Gasteiger charge is 2.09. The van der Waals surface area contributed by atoms with Crippen LogP contribution in [0.25, 0.3) is 0 Å². The Morgan fingerprint density at radius 2 is 1.37 bits per heavy atom. The van der Waals surface area contributed by atoms with Crippen LogP contribution in [0.5, 0.6) is 5.75 Å². The SMILES string of the molecule is COC(=O)c1ccc(OCCCN(c2ccccc2)c2ccccc2)cc1. The molecule has 0 spiro atoms. The van der Waals surface area contributed by atoms with E-state index in [0.717, 1.165) is 30.1 Å². The van der Waals surface area contributed by atoms with Gasteiger partial charge in [-0.3, -0.25) is 0 Å². The number of methoxy groups -OCH3 is 1. The van der Waals surface area contributed by atoms with Gasteiger partial charge in [-0.2, -0.15) is 0 Å². The van der Waals surface area contributed by atoms with Crippen LogP contribution in [0, 0.1) is 0 Å². The molecule has 0 saturated heterocycles. The topological polar surface area (TPSA) is 38.8 Å². The van der Waals surface area contributed by atoms with E-state index < -0.39 is 0 Å². The van der Waals surface area contributed by atoms with Crippen LogP contribution in [-0.4, -0.2) is 26.2 Å². The summed E-state index contributed by atoms with van der Waals surface area (Å²) >= 11 is 0. The summed E-state index contributed by atoms with van der Waals surface area (Å²) in [4.78, 5) is 13.7. The Kier molecular flexibility index (Phi) is 6.47. The van der Waals surface area contributed by atoms with Gasteiger partial charge in [-0.1, -0.05) is 36.4 Å². The number of anilines is 2. The molecule has 3 rings (SSSR count). The Morgan fingerprint density at radius 1 is 0.815 bits per heavy atom. The number of rotatable bonds is 8. The molecule has 0 fully saturated rings. The molecule has 0 unspecified atom stereocenters. The summed E-state index contributed by atoms with van der Waals surface area (Å²) in [7, 11) is 1.37. The zero-order chi connectivity index (χ0) is 18.9. The number of hydrogen-bond donors (Lipinski definition) is 0. The molecule has 3 aromatic rings. The Balaban J connectivity index is 1.57. The third-order valence-electron chi connectivity index (χ3n) is 4.21. The van der Waals surface area contributed by atoms with E-state index in [-0.39, 0.29) is 5.97 Å². The van der Waals surface area contributed by atoms with Crippen LogP contribution in [-0.2, 0) is 4.74 Å². The number of carbonyl (C=O) groups is 1. The maximum atomic E-state index is 11.5. The van der Waals surface area contributed by atoms with E-state index in [1.807, 2.05) is 36.4 Å². The quantitative estimate of drug-likeness (QED) is 0.414. The van der Waals surface area contributed by atoms with Gasteiger partial charge in [0.2, 0.25) is 0 Å². The maximum absolute atomic E-state index is 11.5. The number of benzene rings is 3. The van der Waals surface area contributed by atoms with E-state index in [2.05, 4.69) is 29.2 Å². The molecule has 0 amide bonds. The van der Waals surface area contributed by atoms with Crippen LogP contribution in [0.2, 0.25) is 0 Å². The Labute approximate surface area is 160 Å². The molecule has 0 aliphatic heterocycles. The van der Waals surface area contributed by atoms with E-state index in [1.165, 1.54) is 7.11 Å². The maximum Gasteiger partial charge on any atom is 0.337 e. The fourth-order valence-electron chi connectivity index (χ4n) is 2.84. The molecule has 0 N–H and O–H groups in total. The monoisotopic (exact) mass is 361 g/mol. The highest BCUT2D eigenvalue weighted by molar-refractivity contribution is 5.89. The predicted octanol–water partition coefficient (Wildman–Crippen LogP) is 5.08. The van der Waals surface area contributed by atoms with Gasteiger partial charge in [-0.25, -0.2) is 4.79 Å². The fraction of sp³-hybridized carbons (Fsp3) is 0.174. The molecule has 3 aromatic carbocycles. The first-order chi connectivity index (χ1) is 13.3. The summed E-state index contributed by atoms with van der Waals surface area (Å²) in [6.45, 7) is 1.43. The van der Waals surface area contributed by atoms with Crippen molar-refractivity contribution in [1.29, 1.82) is 0 Å². The van der Waals surface area contributed by atoms with Crippen LogP contribution in [0.1, 0.15) is 16.8 Å². The molecular formula is C23H23NO3. The minimum atomic E-state index is -0.345. The van der Waals surface area contributed by atoms with Crippen molar-refractivity contribution in [2.75, 3.05) is 25.2 Å². The first kappa shape index (κ1) is 18.5. The van der Waals surface area contributed by atoms with Gasteiger partial charge in [-0.05, 0) is 55.0 Å². The lowest BCUT2D eigenvalue weighted by Crippen LogP contribution is -2.20. The molecular weight excluding hydrogens is 338 g/mol. The summed E-state index contributed by atoms with van der Waals surface area (Å²) in [5.41, 5.74) is 2.83. The molecule has 0 radical (unpaired) electrons. The van der Waals surface area contributed by atoms with Gasteiger partial charge in [-0.15, -0.1) is 0 Å². The number of ether oxygens (including phenoxy) is 2. The van der Waals surface area contributed by atoms with E-state index in [1.54, 1.807) is 24.3 Å². The van der Waals surface area contributed by atoms with Crippen molar-refractivity contribution in [3.8, 4) is 5.75 Å². The average molecular weight is 361 g/mol. The highest BCUT2D eigenvalue weighted by atomic mass is 16.5. The standard InChI is InChI=1S/C23H23NO3/c1-26-23(25)19-13-15-22(16-14-19)27-18-8-17-24(20-9-4-2-5-10-20)21-11-6-3-7-12-21/h2-7,9-16H,8,17-18H2,1H3. The zero-order valence-electron chi connectivity index (χ0n) is 15.4. The van der Waals surface area contributed by atoms with Gasteiger partial charge in [0.1, 0.15) is 5.75 Å². The molecule has 27 heavy (non-hydrogen) atoms. The van der Waals surface area contributed by atoms with Gasteiger partial charge < -0.3 is 14.4 Å². The Hall–Kier alpha value is -3.27. The lowest BCUT2D eigenvalue weighted by Gasteiger charge is -2.25. The molecule has 0 aliphatic carbocycles. The number of para-hydroxylation sites is 2. The molecule has 0 aliphatic rings. The van der Waals surface area contributed by atoms with Crippen LogP contribution in [0.4, 0.5) is 11.4 Å². The second kappa shape index (κ2) is 9.43. The van der Waals surface area contributed by atoms with Crippen molar-refractivity contribution in [3.63, 3.8) is 0 Å². The molecule has 0 bridgehead atoms. The summed E-state index contributed by atoms with van der Waals surface area (Å²) in [6, 6.07) is 27.7. The van der Waals surface area contributed by atoms with Crippen molar-refractivity contribution in [2.45, 2.75) is 6.42 Å². The molecule has 4 heteroatoms. The number of esters is 1. The minimum absolute atomic E-state index is 0.345. The average Bonchev–Trinajstić information content (AvgIpc) is 2.75. The zero-order valence-corrected chi connectivity index (χ0v) is 15.4.